The second kappa shape index (κ2) is 27.4. The molecule has 330 valence electrons. The van der Waals surface area contributed by atoms with Crippen molar-refractivity contribution in [3.05, 3.63) is 0 Å². The molecule has 0 aromatic heterocycles. The molecule has 0 spiro atoms. The van der Waals surface area contributed by atoms with Crippen molar-refractivity contribution in [2.75, 3.05) is 0 Å². The summed E-state index contributed by atoms with van der Waals surface area (Å²) in [6.07, 6.45) is 3.45. The lowest BCUT2D eigenvalue weighted by molar-refractivity contribution is -0.519. The van der Waals surface area contributed by atoms with E-state index in [1.165, 1.54) is 0 Å². The monoisotopic (exact) mass is 1030 g/mol. The first-order valence-electron chi connectivity index (χ1n) is 15.1. The van der Waals surface area contributed by atoms with Gasteiger partial charge in [-0.1, -0.05) is 112 Å². The third-order valence-electron chi connectivity index (χ3n) is 7.06. The minimum absolute atomic E-state index is 0.138. The van der Waals surface area contributed by atoms with Gasteiger partial charge in [0, 0.05) is 4.57 Å². The van der Waals surface area contributed by atoms with Crippen molar-refractivity contribution in [2.45, 2.75) is 113 Å². The van der Waals surface area contributed by atoms with Gasteiger partial charge in [-0.25, -0.2) is 0 Å². The zero-order valence-corrected chi connectivity index (χ0v) is 38.0. The minimum atomic E-state index is -6.05. The molecular weight excluding hydrogens is 1010 g/mol. The molecule has 0 saturated heterocycles. The predicted molar refractivity (Wildman–Crippen MR) is 165 cm³/mol. The van der Waals surface area contributed by atoms with E-state index >= 15 is 0 Å². The lowest BCUT2D eigenvalue weighted by Crippen LogP contribution is -2.83. The lowest BCUT2D eigenvalue weighted by Gasteiger charge is -2.47. The Hall–Kier alpha value is 0.200. The molecule has 0 aromatic carbocycles. The molecular formula is C18H29O30P10+. The van der Waals surface area contributed by atoms with Gasteiger partial charge in [0.15, 0.2) is 5.60 Å². The quantitative estimate of drug-likeness (QED) is 0.0487. The molecule has 0 saturated carbocycles. The van der Waals surface area contributed by atoms with Crippen molar-refractivity contribution in [1.29, 1.82) is 0 Å². The Morgan fingerprint density at radius 2 is 0.638 bits per heavy atom. The van der Waals surface area contributed by atoms with Crippen LogP contribution in [0.4, 0.5) is 0 Å². The van der Waals surface area contributed by atoms with E-state index < -0.39 is 124 Å². The van der Waals surface area contributed by atoms with Gasteiger partial charge in [-0.2, -0.15) is 0 Å². The van der Waals surface area contributed by atoms with Crippen LogP contribution in [0.25, 0.3) is 0 Å². The Morgan fingerprint density at radius 3 is 0.914 bits per heavy atom. The van der Waals surface area contributed by atoms with Crippen LogP contribution < -0.4 is 44.0 Å². The summed E-state index contributed by atoms with van der Waals surface area (Å²) < 4.78 is 165. The van der Waals surface area contributed by atoms with Gasteiger partial charge in [0.1, 0.15) is 0 Å². The van der Waals surface area contributed by atoms with Gasteiger partial charge in [0.2, 0.25) is 0 Å². The largest absolute Gasteiger partial charge is 0.695 e. The molecule has 1 N–H and O–H groups in total. The predicted octanol–water partition coefficient (Wildman–Crippen LogP) is -0.226. The maximum Gasteiger partial charge on any atom is 0.695 e. The van der Waals surface area contributed by atoms with E-state index in [4.69, 9.17) is 4.52 Å². The van der Waals surface area contributed by atoms with Crippen LogP contribution >= 0.6 is 82.5 Å². The van der Waals surface area contributed by atoms with E-state index in [0.29, 0.717) is 12.8 Å². The number of hydrogen-bond donors (Lipinski definition) is 1. The Balaban J connectivity index is 9.17. The molecule has 0 aliphatic carbocycles. The highest BCUT2D eigenvalue weighted by Gasteiger charge is 3.00. The molecule has 30 nitrogen and oxygen atoms in total. The molecule has 0 amide bonds. The second-order valence-corrected chi connectivity index (χ2v) is 17.1. The average molecular weight is 1040 g/mol. The summed E-state index contributed by atoms with van der Waals surface area (Å²) in [5.41, 5.74) is -3.94. The van der Waals surface area contributed by atoms with E-state index in [-0.39, 0.29) is 19.8 Å². The second-order valence-electron chi connectivity index (χ2n) is 10.7. The molecule has 0 bridgehead atoms. The van der Waals surface area contributed by atoms with Crippen LogP contribution in [0.5, 0.6) is 0 Å². The zero-order chi connectivity index (χ0) is 45.1. The molecule has 0 aliphatic rings. The molecule has 11 unspecified atom stereocenters. The van der Waals surface area contributed by atoms with E-state index in [0.717, 1.165) is 32.1 Å². The van der Waals surface area contributed by atoms with Crippen molar-refractivity contribution in [2.24, 2.45) is 0 Å². The van der Waals surface area contributed by atoms with Gasteiger partial charge in [0.25, 0.3) is 0 Å². The van der Waals surface area contributed by atoms with Crippen LogP contribution in [0, 0.1) is 0 Å². The smallest absolute Gasteiger partial charge is 0.566 e. The highest BCUT2D eigenvalue weighted by molar-refractivity contribution is 7.34. The number of hydrogen-bond acceptors (Lipinski definition) is 29. The average Bonchev–Trinajstić information content (AvgIpc) is 3.01. The van der Waals surface area contributed by atoms with Crippen molar-refractivity contribution in [3.63, 3.8) is 0 Å². The van der Waals surface area contributed by atoms with Gasteiger partial charge >= 0.3 is 106 Å². The molecule has 0 radical (unpaired) electrons. The van der Waals surface area contributed by atoms with Crippen molar-refractivity contribution in [3.8, 4) is 0 Å². The van der Waals surface area contributed by atoms with Gasteiger partial charge in [0.05, 0.1) is 0 Å². The van der Waals surface area contributed by atoms with Crippen LogP contribution in [-0.4, -0.2) is 33.8 Å². The highest BCUT2D eigenvalue weighted by Crippen LogP contribution is 2.67. The zero-order valence-electron chi connectivity index (χ0n) is 29.0. The summed E-state index contributed by atoms with van der Waals surface area (Å²) in [6.45, 7) is 2.11. The molecule has 0 aliphatic heterocycles. The summed E-state index contributed by atoms with van der Waals surface area (Å²) in [4.78, 5) is 121. The molecule has 40 heteroatoms. The fourth-order valence-electron chi connectivity index (χ4n) is 5.15. The van der Waals surface area contributed by atoms with Gasteiger partial charge < -0.3 is 44.0 Å². The third kappa shape index (κ3) is 17.4. The van der Waals surface area contributed by atoms with Gasteiger partial charge in [-0.15, -0.1) is 9.42 Å². The van der Waals surface area contributed by atoms with Crippen molar-refractivity contribution < 1.29 is 140 Å². The minimum Gasteiger partial charge on any atom is -0.566 e. The van der Waals surface area contributed by atoms with Crippen LogP contribution in [-0.2, 0) is 90.9 Å². The van der Waals surface area contributed by atoms with Gasteiger partial charge in [-0.05, 0) is 54.4 Å². The van der Waals surface area contributed by atoms with Crippen LogP contribution in [0.2, 0.25) is 0 Å². The Bertz CT molecular complexity index is 1460. The molecule has 0 aromatic rings. The molecule has 11 atom stereocenters. The summed E-state index contributed by atoms with van der Waals surface area (Å²) >= 11 is 0. The van der Waals surface area contributed by atoms with Crippen molar-refractivity contribution in [1.82, 2.24) is 0 Å². The van der Waals surface area contributed by atoms with Gasteiger partial charge in [-0.3, -0.25) is 0 Å². The standard InChI is InChI=1S/C18H28O30P10/c1-3-4-5-6-7-8-9-10-11-12-13-14(2,39-49(19)20)15(40-50(21)22,41-51(23)24)16(42-52(25)26,43-53(27)28)17(44-54(29)30,45-55(31)32)18(46-56(33)34,47-57(35)36)48-58(37)38/h3-13H2,1-2H3/p+1. The van der Waals surface area contributed by atoms with Crippen LogP contribution in [0.1, 0.15) is 84.5 Å². The van der Waals surface area contributed by atoms with E-state index in [1.807, 2.05) is 6.92 Å². The first-order valence-corrected chi connectivity index (χ1v) is 26.1. The summed E-state index contributed by atoms with van der Waals surface area (Å²) in [5, 5.41) is 0. The fraction of sp³-hybridized carbons (Fsp3) is 1.00. The Labute approximate surface area is 335 Å². The summed E-state index contributed by atoms with van der Waals surface area (Å²) in [5.74, 6) is -23.1. The molecule has 58 heavy (non-hydrogen) atoms. The van der Waals surface area contributed by atoms with Crippen LogP contribution in [0.3, 0.4) is 0 Å². The normalized spacial score (nSPS) is 19.8. The highest BCUT2D eigenvalue weighted by atomic mass is 31.2. The maximum atomic E-state index is 12.5. The lowest BCUT2D eigenvalue weighted by atomic mass is 9.79. The number of rotatable bonds is 35. The first kappa shape index (κ1) is 58.2. The van der Waals surface area contributed by atoms with E-state index in [9.17, 15) is 94.6 Å². The summed E-state index contributed by atoms with van der Waals surface area (Å²) in [7, 11) is -52.6. The SMILES string of the molecule is CCCCCCCCCCCCC(C)(O[P+](=O)O)C(O[P+](=O)[O-])(O[P+](=O)[O-])C(O[P+](=O)[O-])(O[P+](=O)[O-])C(O[P+](=O)[O-])(O[P+](=O)[O-])C(O[P+](=O)[O-])(O[P+](=O)[O-])O[P+](=O)[O-]. The molecule has 0 fully saturated rings. The summed E-state index contributed by atoms with van der Waals surface area (Å²) in [6, 6.07) is 0. The van der Waals surface area contributed by atoms with Crippen LogP contribution in [0.15, 0.2) is 0 Å². The Kier molecular flexibility index (Phi) is 27.5. The fourth-order valence-corrected chi connectivity index (χ4v) is 10.3. The Morgan fingerprint density at radius 1 is 0.379 bits per heavy atom. The number of unbranched alkanes of at least 4 members (excludes halogenated alkanes) is 9. The topological polar surface area (TPSA) is 491 Å². The maximum absolute atomic E-state index is 12.5. The third-order valence-corrected chi connectivity index (χ3v) is 11.2. The van der Waals surface area contributed by atoms with E-state index in [2.05, 4.69) is 40.7 Å². The molecule has 0 heterocycles. The first-order chi connectivity index (χ1) is 26.7. The van der Waals surface area contributed by atoms with E-state index in [1.54, 1.807) is 0 Å². The van der Waals surface area contributed by atoms with Crippen molar-refractivity contribution >= 4 is 82.5 Å². The molecule has 0 rings (SSSR count).